The summed E-state index contributed by atoms with van der Waals surface area (Å²) in [4.78, 5) is 2.64. The zero-order valence-corrected chi connectivity index (χ0v) is 15.8. The lowest BCUT2D eigenvalue weighted by Gasteiger charge is -2.35. The SMILES string of the molecule is CCOc1ccccc1NC(=S)NCCCN1CCCCC1CC. The molecule has 0 spiro atoms. The Hall–Kier alpha value is -1.33. The van der Waals surface area contributed by atoms with Gasteiger partial charge in [-0.1, -0.05) is 25.5 Å². The molecular weight excluding hydrogens is 318 g/mol. The lowest BCUT2D eigenvalue weighted by Crippen LogP contribution is -2.40. The second-order valence-electron chi connectivity index (χ2n) is 6.26. The lowest BCUT2D eigenvalue weighted by molar-refractivity contribution is 0.143. The molecule has 1 fully saturated rings. The maximum Gasteiger partial charge on any atom is 0.170 e. The van der Waals surface area contributed by atoms with E-state index in [9.17, 15) is 0 Å². The number of hydrogen-bond donors (Lipinski definition) is 2. The average molecular weight is 350 g/mol. The van der Waals surface area contributed by atoms with Crippen LogP contribution in [0.3, 0.4) is 0 Å². The first kappa shape index (κ1) is 19.0. The number of thiocarbonyl (C=S) groups is 1. The highest BCUT2D eigenvalue weighted by atomic mass is 32.1. The third-order valence-electron chi connectivity index (χ3n) is 4.56. The van der Waals surface area contributed by atoms with Crippen molar-refractivity contribution in [3.05, 3.63) is 24.3 Å². The Morgan fingerprint density at radius 1 is 1.29 bits per heavy atom. The highest BCUT2D eigenvalue weighted by Crippen LogP contribution is 2.23. The van der Waals surface area contributed by atoms with Crippen LogP contribution < -0.4 is 15.4 Å². The summed E-state index contributed by atoms with van der Waals surface area (Å²) in [5.41, 5.74) is 0.916. The van der Waals surface area contributed by atoms with Gasteiger partial charge in [-0.25, -0.2) is 0 Å². The van der Waals surface area contributed by atoms with Gasteiger partial charge in [-0.3, -0.25) is 0 Å². The van der Waals surface area contributed by atoms with E-state index in [0.29, 0.717) is 11.7 Å². The minimum Gasteiger partial charge on any atom is -0.492 e. The highest BCUT2D eigenvalue weighted by Gasteiger charge is 2.19. The molecule has 0 saturated carbocycles. The summed E-state index contributed by atoms with van der Waals surface area (Å²) < 4.78 is 5.61. The molecule has 1 aromatic carbocycles. The fourth-order valence-electron chi connectivity index (χ4n) is 3.32. The standard InChI is InChI=1S/C19H31N3OS/c1-3-16-10-7-8-14-22(16)15-9-13-20-19(24)21-17-11-5-6-12-18(17)23-4-2/h5-6,11-12,16H,3-4,7-10,13-15H2,1-2H3,(H2,20,21,24). The zero-order chi connectivity index (χ0) is 17.2. The largest absolute Gasteiger partial charge is 0.492 e. The second kappa shape index (κ2) is 10.5. The van der Waals surface area contributed by atoms with E-state index in [4.69, 9.17) is 17.0 Å². The maximum absolute atomic E-state index is 5.61. The molecule has 0 bridgehead atoms. The number of para-hydroxylation sites is 2. The first-order chi connectivity index (χ1) is 11.7. The van der Waals surface area contributed by atoms with E-state index < -0.39 is 0 Å². The normalized spacial score (nSPS) is 18.2. The van der Waals surface area contributed by atoms with Gasteiger partial charge in [0.15, 0.2) is 5.11 Å². The Morgan fingerprint density at radius 3 is 2.92 bits per heavy atom. The molecule has 134 valence electrons. The highest BCUT2D eigenvalue weighted by molar-refractivity contribution is 7.80. The van der Waals surface area contributed by atoms with Crippen molar-refractivity contribution in [2.45, 2.75) is 52.0 Å². The van der Waals surface area contributed by atoms with Gasteiger partial charge in [0.25, 0.3) is 0 Å². The Morgan fingerprint density at radius 2 is 2.12 bits per heavy atom. The number of likely N-dealkylation sites (tertiary alicyclic amines) is 1. The molecule has 0 radical (unpaired) electrons. The van der Waals surface area contributed by atoms with Crippen LogP contribution in [-0.4, -0.2) is 42.3 Å². The first-order valence-corrected chi connectivity index (χ1v) is 9.66. The summed E-state index contributed by atoms with van der Waals surface area (Å²) in [7, 11) is 0. The number of anilines is 1. The van der Waals surface area contributed by atoms with Crippen molar-refractivity contribution in [1.29, 1.82) is 0 Å². The maximum atomic E-state index is 5.61. The Balaban J connectivity index is 1.70. The molecule has 1 aromatic rings. The predicted molar refractivity (Wildman–Crippen MR) is 106 cm³/mol. The van der Waals surface area contributed by atoms with Crippen molar-refractivity contribution < 1.29 is 4.74 Å². The van der Waals surface area contributed by atoms with Gasteiger partial charge in [-0.05, 0) is 63.5 Å². The van der Waals surface area contributed by atoms with Crippen LogP contribution in [0.2, 0.25) is 0 Å². The molecule has 1 aliphatic rings. The molecule has 2 rings (SSSR count). The number of nitrogens with zero attached hydrogens (tertiary/aromatic N) is 1. The van der Waals surface area contributed by atoms with E-state index in [0.717, 1.165) is 37.0 Å². The molecule has 1 heterocycles. The van der Waals surface area contributed by atoms with E-state index in [-0.39, 0.29) is 0 Å². The molecule has 1 atom stereocenters. The van der Waals surface area contributed by atoms with E-state index in [1.54, 1.807) is 0 Å². The van der Waals surface area contributed by atoms with Crippen molar-refractivity contribution in [2.24, 2.45) is 0 Å². The minimum absolute atomic E-state index is 0.646. The van der Waals surface area contributed by atoms with Crippen molar-refractivity contribution >= 4 is 23.0 Å². The quantitative estimate of drug-likeness (QED) is 0.547. The molecule has 0 aromatic heterocycles. The molecule has 0 aliphatic carbocycles. The fourth-order valence-corrected chi connectivity index (χ4v) is 3.53. The van der Waals surface area contributed by atoms with Crippen LogP contribution >= 0.6 is 12.2 Å². The number of nitrogens with one attached hydrogen (secondary N) is 2. The number of piperidine rings is 1. The average Bonchev–Trinajstić information content (AvgIpc) is 2.61. The van der Waals surface area contributed by atoms with Crippen LogP contribution in [0.25, 0.3) is 0 Å². The number of rotatable bonds is 8. The van der Waals surface area contributed by atoms with Crippen LogP contribution in [0.4, 0.5) is 5.69 Å². The molecule has 4 nitrogen and oxygen atoms in total. The summed E-state index contributed by atoms with van der Waals surface area (Å²) in [6.45, 7) is 8.24. The third-order valence-corrected chi connectivity index (χ3v) is 4.81. The summed E-state index contributed by atoms with van der Waals surface area (Å²) in [5.74, 6) is 0.836. The van der Waals surface area contributed by atoms with Crippen LogP contribution in [0.15, 0.2) is 24.3 Å². The van der Waals surface area contributed by atoms with Gasteiger partial charge in [-0.2, -0.15) is 0 Å². The summed E-state index contributed by atoms with van der Waals surface area (Å²) in [5, 5.41) is 7.21. The van der Waals surface area contributed by atoms with Gasteiger partial charge >= 0.3 is 0 Å². The molecule has 2 N–H and O–H groups in total. The van der Waals surface area contributed by atoms with Crippen molar-refractivity contribution in [2.75, 3.05) is 31.6 Å². The first-order valence-electron chi connectivity index (χ1n) is 9.25. The second-order valence-corrected chi connectivity index (χ2v) is 6.67. The summed E-state index contributed by atoms with van der Waals surface area (Å²) in [6, 6.07) is 8.67. The Labute approximate surface area is 152 Å². The molecule has 1 aliphatic heterocycles. The van der Waals surface area contributed by atoms with E-state index in [1.807, 2.05) is 31.2 Å². The third kappa shape index (κ3) is 5.95. The zero-order valence-electron chi connectivity index (χ0n) is 15.0. The number of benzene rings is 1. The topological polar surface area (TPSA) is 36.5 Å². The van der Waals surface area contributed by atoms with E-state index >= 15 is 0 Å². The monoisotopic (exact) mass is 349 g/mol. The van der Waals surface area contributed by atoms with Gasteiger partial charge in [0.05, 0.1) is 12.3 Å². The van der Waals surface area contributed by atoms with Crippen LogP contribution in [0, 0.1) is 0 Å². The molecule has 24 heavy (non-hydrogen) atoms. The molecular formula is C19H31N3OS. The van der Waals surface area contributed by atoms with Crippen LogP contribution in [0.1, 0.15) is 46.0 Å². The van der Waals surface area contributed by atoms with Gasteiger partial charge in [0.1, 0.15) is 5.75 Å². The van der Waals surface area contributed by atoms with Gasteiger partial charge in [0, 0.05) is 19.1 Å². The van der Waals surface area contributed by atoms with Gasteiger partial charge < -0.3 is 20.3 Å². The fraction of sp³-hybridized carbons (Fsp3) is 0.632. The number of hydrogen-bond acceptors (Lipinski definition) is 3. The predicted octanol–water partition coefficient (Wildman–Crippen LogP) is 4.03. The molecule has 5 heteroatoms. The summed E-state index contributed by atoms with van der Waals surface area (Å²) in [6.07, 6.45) is 6.48. The van der Waals surface area contributed by atoms with Crippen molar-refractivity contribution in [3.63, 3.8) is 0 Å². The number of ether oxygens (including phenoxy) is 1. The minimum atomic E-state index is 0.646. The molecule has 1 unspecified atom stereocenters. The van der Waals surface area contributed by atoms with Gasteiger partial charge in [0.2, 0.25) is 0 Å². The lowest BCUT2D eigenvalue weighted by atomic mass is 10.00. The molecule has 0 amide bonds. The Bertz CT molecular complexity index is 509. The smallest absolute Gasteiger partial charge is 0.170 e. The van der Waals surface area contributed by atoms with E-state index in [2.05, 4.69) is 22.5 Å². The van der Waals surface area contributed by atoms with Crippen molar-refractivity contribution in [3.8, 4) is 5.75 Å². The van der Waals surface area contributed by atoms with Gasteiger partial charge in [-0.15, -0.1) is 0 Å². The van der Waals surface area contributed by atoms with E-state index in [1.165, 1.54) is 32.2 Å². The van der Waals surface area contributed by atoms with Crippen molar-refractivity contribution in [1.82, 2.24) is 10.2 Å². The van der Waals surface area contributed by atoms with Crippen LogP contribution in [-0.2, 0) is 0 Å². The molecule has 1 saturated heterocycles. The Kier molecular flexibility index (Phi) is 8.33. The summed E-state index contributed by atoms with van der Waals surface area (Å²) >= 11 is 5.40. The van der Waals surface area contributed by atoms with Crippen LogP contribution in [0.5, 0.6) is 5.75 Å².